The van der Waals surface area contributed by atoms with Crippen LogP contribution in [0.15, 0.2) is 18.6 Å². The van der Waals surface area contributed by atoms with E-state index in [1.807, 2.05) is 12.3 Å². The first-order chi connectivity index (χ1) is 8.38. The van der Waals surface area contributed by atoms with Crippen molar-refractivity contribution >= 4 is 0 Å². The van der Waals surface area contributed by atoms with Crippen molar-refractivity contribution in [2.24, 2.45) is 5.92 Å². The Morgan fingerprint density at radius 3 is 2.88 bits per heavy atom. The Morgan fingerprint density at radius 1 is 1.41 bits per heavy atom. The highest BCUT2D eigenvalue weighted by molar-refractivity contribution is 4.97. The number of nitrogens with one attached hydrogen (secondary N) is 1. The molecule has 0 unspecified atom stereocenters. The van der Waals surface area contributed by atoms with E-state index in [1.54, 1.807) is 6.33 Å². The first-order valence-corrected chi connectivity index (χ1v) is 6.56. The lowest BCUT2D eigenvalue weighted by molar-refractivity contribution is 0.205. The van der Waals surface area contributed by atoms with Gasteiger partial charge in [-0.2, -0.15) is 0 Å². The highest BCUT2D eigenvalue weighted by Crippen LogP contribution is 2.14. The third kappa shape index (κ3) is 4.06. The molecule has 1 aromatic heterocycles. The van der Waals surface area contributed by atoms with E-state index in [2.05, 4.69) is 27.1 Å². The summed E-state index contributed by atoms with van der Waals surface area (Å²) in [5, 5.41) is 3.42. The van der Waals surface area contributed by atoms with Crippen LogP contribution in [0.4, 0.5) is 0 Å². The van der Waals surface area contributed by atoms with Crippen molar-refractivity contribution in [2.75, 3.05) is 26.2 Å². The van der Waals surface area contributed by atoms with Crippen molar-refractivity contribution in [3.05, 3.63) is 24.3 Å². The SMILES string of the molecule is CCN(Cc1ccncn1)CC1CCNCC1. The van der Waals surface area contributed by atoms with Gasteiger partial charge < -0.3 is 5.32 Å². The van der Waals surface area contributed by atoms with Gasteiger partial charge in [-0.25, -0.2) is 9.97 Å². The molecule has 1 aromatic rings. The van der Waals surface area contributed by atoms with Gasteiger partial charge in [-0.1, -0.05) is 6.92 Å². The van der Waals surface area contributed by atoms with E-state index in [4.69, 9.17) is 0 Å². The maximum atomic E-state index is 4.29. The molecule has 0 atom stereocenters. The van der Waals surface area contributed by atoms with Crippen LogP contribution in [0.3, 0.4) is 0 Å². The molecular weight excluding hydrogens is 212 g/mol. The topological polar surface area (TPSA) is 41.1 Å². The molecule has 0 bridgehead atoms. The van der Waals surface area contributed by atoms with Gasteiger partial charge in [0.05, 0.1) is 5.69 Å². The molecule has 0 amide bonds. The van der Waals surface area contributed by atoms with Gasteiger partial charge in [0.2, 0.25) is 0 Å². The molecule has 0 saturated carbocycles. The number of rotatable bonds is 5. The van der Waals surface area contributed by atoms with Gasteiger partial charge in [0.25, 0.3) is 0 Å². The zero-order valence-corrected chi connectivity index (χ0v) is 10.6. The summed E-state index contributed by atoms with van der Waals surface area (Å²) >= 11 is 0. The van der Waals surface area contributed by atoms with E-state index in [0.29, 0.717) is 0 Å². The average molecular weight is 234 g/mol. The molecule has 0 aliphatic carbocycles. The normalized spacial score (nSPS) is 17.5. The lowest BCUT2D eigenvalue weighted by Crippen LogP contribution is -2.36. The fourth-order valence-electron chi connectivity index (χ4n) is 2.38. The summed E-state index contributed by atoms with van der Waals surface area (Å²) in [6.07, 6.45) is 6.06. The van der Waals surface area contributed by atoms with Gasteiger partial charge in [-0.05, 0) is 44.5 Å². The van der Waals surface area contributed by atoms with Crippen LogP contribution in [0, 0.1) is 5.92 Å². The van der Waals surface area contributed by atoms with Crippen LogP contribution >= 0.6 is 0 Å². The minimum Gasteiger partial charge on any atom is -0.317 e. The first-order valence-electron chi connectivity index (χ1n) is 6.56. The van der Waals surface area contributed by atoms with Gasteiger partial charge in [0.15, 0.2) is 0 Å². The molecule has 1 aliphatic rings. The molecule has 17 heavy (non-hydrogen) atoms. The molecule has 1 aliphatic heterocycles. The number of nitrogens with zero attached hydrogens (tertiary/aromatic N) is 3. The van der Waals surface area contributed by atoms with Gasteiger partial charge in [0, 0.05) is 19.3 Å². The number of aromatic nitrogens is 2. The molecule has 4 heteroatoms. The maximum Gasteiger partial charge on any atom is 0.115 e. The molecule has 0 spiro atoms. The van der Waals surface area contributed by atoms with E-state index >= 15 is 0 Å². The predicted molar refractivity (Wildman–Crippen MR) is 68.6 cm³/mol. The Hall–Kier alpha value is -1.00. The third-order valence-electron chi connectivity index (χ3n) is 3.45. The van der Waals surface area contributed by atoms with E-state index in [-0.39, 0.29) is 0 Å². The Kier molecular flexibility index (Phi) is 4.88. The van der Waals surface area contributed by atoms with E-state index in [1.165, 1.54) is 32.5 Å². The fourth-order valence-corrected chi connectivity index (χ4v) is 2.38. The van der Waals surface area contributed by atoms with Crippen LogP contribution in [-0.2, 0) is 6.54 Å². The summed E-state index contributed by atoms with van der Waals surface area (Å²) in [6.45, 7) is 7.81. The maximum absolute atomic E-state index is 4.29. The summed E-state index contributed by atoms with van der Waals surface area (Å²) in [5.74, 6) is 0.845. The Balaban J connectivity index is 1.83. The molecule has 1 saturated heterocycles. The van der Waals surface area contributed by atoms with Crippen LogP contribution in [0.2, 0.25) is 0 Å². The second kappa shape index (κ2) is 6.67. The molecular formula is C13H22N4. The fraction of sp³-hybridized carbons (Fsp3) is 0.692. The standard InChI is InChI=1S/C13H22N4/c1-2-17(9-12-3-6-14-7-4-12)10-13-5-8-15-11-16-13/h5,8,11-12,14H,2-4,6-7,9-10H2,1H3. The van der Waals surface area contributed by atoms with E-state index in [9.17, 15) is 0 Å². The molecule has 1 N–H and O–H groups in total. The van der Waals surface area contributed by atoms with Crippen LogP contribution in [-0.4, -0.2) is 41.0 Å². The quantitative estimate of drug-likeness (QED) is 0.833. The average Bonchev–Trinajstić information content (AvgIpc) is 2.40. The smallest absolute Gasteiger partial charge is 0.115 e. The van der Waals surface area contributed by atoms with Crippen molar-refractivity contribution in [1.29, 1.82) is 0 Å². The minimum atomic E-state index is 0.845. The largest absolute Gasteiger partial charge is 0.317 e. The highest BCUT2D eigenvalue weighted by atomic mass is 15.1. The molecule has 1 fully saturated rings. The lowest BCUT2D eigenvalue weighted by Gasteiger charge is -2.29. The van der Waals surface area contributed by atoms with Crippen molar-refractivity contribution in [3.63, 3.8) is 0 Å². The molecule has 4 nitrogen and oxygen atoms in total. The van der Waals surface area contributed by atoms with Gasteiger partial charge in [-0.15, -0.1) is 0 Å². The van der Waals surface area contributed by atoms with Crippen molar-refractivity contribution in [2.45, 2.75) is 26.3 Å². The zero-order valence-electron chi connectivity index (χ0n) is 10.6. The number of hydrogen-bond acceptors (Lipinski definition) is 4. The molecule has 94 valence electrons. The minimum absolute atomic E-state index is 0.845. The zero-order chi connectivity index (χ0) is 11.9. The van der Waals surface area contributed by atoms with Gasteiger partial charge in [0.1, 0.15) is 6.33 Å². The number of hydrogen-bond donors (Lipinski definition) is 1. The van der Waals surface area contributed by atoms with Crippen LogP contribution in [0.25, 0.3) is 0 Å². The second-order valence-corrected chi connectivity index (χ2v) is 4.72. The third-order valence-corrected chi connectivity index (χ3v) is 3.45. The van der Waals surface area contributed by atoms with Crippen LogP contribution < -0.4 is 5.32 Å². The summed E-state index contributed by atoms with van der Waals surface area (Å²) in [5.41, 5.74) is 1.12. The predicted octanol–water partition coefficient (Wildman–Crippen LogP) is 1.30. The molecule has 0 aromatic carbocycles. The molecule has 2 rings (SSSR count). The summed E-state index contributed by atoms with van der Waals surface area (Å²) < 4.78 is 0. The van der Waals surface area contributed by atoms with Crippen molar-refractivity contribution in [3.8, 4) is 0 Å². The monoisotopic (exact) mass is 234 g/mol. The van der Waals surface area contributed by atoms with E-state index in [0.717, 1.165) is 24.7 Å². The first kappa shape index (κ1) is 12.5. The van der Waals surface area contributed by atoms with Crippen LogP contribution in [0.1, 0.15) is 25.5 Å². The summed E-state index contributed by atoms with van der Waals surface area (Å²) in [6, 6.07) is 2.01. The van der Waals surface area contributed by atoms with Gasteiger partial charge in [-0.3, -0.25) is 4.90 Å². The summed E-state index contributed by atoms with van der Waals surface area (Å²) in [4.78, 5) is 10.7. The summed E-state index contributed by atoms with van der Waals surface area (Å²) in [7, 11) is 0. The van der Waals surface area contributed by atoms with Crippen molar-refractivity contribution in [1.82, 2.24) is 20.2 Å². The number of piperidine rings is 1. The Labute approximate surface area is 103 Å². The van der Waals surface area contributed by atoms with Crippen molar-refractivity contribution < 1.29 is 0 Å². The second-order valence-electron chi connectivity index (χ2n) is 4.72. The molecule has 2 heterocycles. The molecule has 0 radical (unpaired) electrons. The lowest BCUT2D eigenvalue weighted by atomic mass is 9.97. The Bertz CT molecular complexity index is 308. The van der Waals surface area contributed by atoms with E-state index < -0.39 is 0 Å². The van der Waals surface area contributed by atoms with Crippen LogP contribution in [0.5, 0.6) is 0 Å². The van der Waals surface area contributed by atoms with Gasteiger partial charge >= 0.3 is 0 Å². The highest BCUT2D eigenvalue weighted by Gasteiger charge is 2.16. The Morgan fingerprint density at radius 2 is 2.24 bits per heavy atom.